The zero-order valence-electron chi connectivity index (χ0n) is 13.6. The summed E-state index contributed by atoms with van der Waals surface area (Å²) < 4.78 is 0. The van der Waals surface area contributed by atoms with Gasteiger partial charge >= 0.3 is 0 Å². The van der Waals surface area contributed by atoms with Crippen LogP contribution in [0.1, 0.15) is 29.6 Å². The van der Waals surface area contributed by atoms with Gasteiger partial charge in [-0.05, 0) is 50.7 Å². The minimum Gasteiger partial charge on any atom is -0.352 e. The summed E-state index contributed by atoms with van der Waals surface area (Å²) in [6.45, 7) is 4.10. The number of rotatable bonds is 5. The minimum absolute atomic E-state index is 0.134. The predicted molar refractivity (Wildman–Crippen MR) is 91.7 cm³/mol. The Hall–Kier alpha value is -1.59. The number of hydrogen-bond acceptors (Lipinski definition) is 3. The van der Waals surface area contributed by atoms with Crippen LogP contribution < -0.4 is 5.32 Å². The van der Waals surface area contributed by atoms with Gasteiger partial charge in [0.15, 0.2) is 0 Å². The molecule has 0 bridgehead atoms. The lowest BCUT2D eigenvalue weighted by atomic mass is 10.2. The van der Waals surface area contributed by atoms with Crippen molar-refractivity contribution in [3.63, 3.8) is 0 Å². The molecule has 1 saturated heterocycles. The van der Waals surface area contributed by atoms with Crippen molar-refractivity contribution in [2.75, 3.05) is 39.8 Å². The normalized spacial score (nSPS) is 16.0. The number of likely N-dealkylation sites (N-methyl/N-ethyl adjacent to an activating group) is 1. The average Bonchev–Trinajstić information content (AvgIpc) is 2.76. The van der Waals surface area contributed by atoms with Gasteiger partial charge in [0.25, 0.3) is 5.91 Å². The van der Waals surface area contributed by atoms with Crippen LogP contribution in [-0.2, 0) is 4.79 Å². The molecule has 1 aromatic rings. The standard InChI is InChI=1S/C17H24ClN3O2/c1-20-10-3-11-21(13-12-20)16(22)4-2-9-19-17(23)14-5-7-15(18)8-6-14/h5-8H,2-4,9-13H2,1H3,(H,19,23). The molecule has 1 fully saturated rings. The fraction of sp³-hybridized carbons (Fsp3) is 0.529. The number of hydrogen-bond donors (Lipinski definition) is 1. The van der Waals surface area contributed by atoms with Gasteiger partial charge in [0, 0.05) is 43.2 Å². The summed E-state index contributed by atoms with van der Waals surface area (Å²) in [7, 11) is 2.08. The molecule has 0 atom stereocenters. The monoisotopic (exact) mass is 337 g/mol. The maximum absolute atomic E-state index is 12.2. The van der Waals surface area contributed by atoms with Gasteiger partial charge in [-0.1, -0.05) is 11.6 Å². The molecular formula is C17H24ClN3O2. The summed E-state index contributed by atoms with van der Waals surface area (Å²) >= 11 is 5.80. The van der Waals surface area contributed by atoms with Crippen molar-refractivity contribution in [1.29, 1.82) is 0 Å². The number of nitrogens with one attached hydrogen (secondary N) is 1. The van der Waals surface area contributed by atoms with Crippen LogP contribution in [-0.4, -0.2) is 61.4 Å². The molecule has 0 saturated carbocycles. The lowest BCUT2D eigenvalue weighted by molar-refractivity contribution is -0.131. The molecule has 1 aromatic carbocycles. The highest BCUT2D eigenvalue weighted by molar-refractivity contribution is 6.30. The van der Waals surface area contributed by atoms with Crippen molar-refractivity contribution >= 4 is 23.4 Å². The maximum Gasteiger partial charge on any atom is 0.251 e. The van der Waals surface area contributed by atoms with Crippen molar-refractivity contribution in [3.05, 3.63) is 34.9 Å². The van der Waals surface area contributed by atoms with Gasteiger partial charge in [0.1, 0.15) is 0 Å². The van der Waals surface area contributed by atoms with Crippen molar-refractivity contribution in [2.24, 2.45) is 0 Å². The lowest BCUT2D eigenvalue weighted by Crippen LogP contribution is -2.35. The quantitative estimate of drug-likeness (QED) is 0.836. The number of nitrogens with zero attached hydrogens (tertiary/aromatic N) is 2. The first-order chi connectivity index (χ1) is 11.1. The summed E-state index contributed by atoms with van der Waals surface area (Å²) in [6.07, 6.45) is 2.16. The molecule has 0 radical (unpaired) electrons. The molecule has 6 heteroatoms. The van der Waals surface area contributed by atoms with E-state index in [9.17, 15) is 9.59 Å². The number of halogens is 1. The Labute approximate surface area is 142 Å². The second kappa shape index (κ2) is 8.89. The van der Waals surface area contributed by atoms with Crippen LogP contribution in [0.2, 0.25) is 5.02 Å². The molecule has 1 heterocycles. The highest BCUT2D eigenvalue weighted by Gasteiger charge is 2.16. The van der Waals surface area contributed by atoms with Gasteiger partial charge < -0.3 is 15.1 Å². The predicted octanol–water partition coefficient (Wildman–Crippen LogP) is 2.01. The van der Waals surface area contributed by atoms with Crippen molar-refractivity contribution in [1.82, 2.24) is 15.1 Å². The first kappa shape index (κ1) is 17.8. The Balaban J connectivity index is 1.67. The van der Waals surface area contributed by atoms with E-state index in [2.05, 4.69) is 17.3 Å². The highest BCUT2D eigenvalue weighted by atomic mass is 35.5. The number of benzene rings is 1. The third kappa shape index (κ3) is 5.84. The summed E-state index contributed by atoms with van der Waals surface area (Å²) in [6, 6.07) is 6.76. The van der Waals surface area contributed by atoms with Gasteiger partial charge in [-0.3, -0.25) is 9.59 Å². The fourth-order valence-electron chi connectivity index (χ4n) is 2.60. The summed E-state index contributed by atoms with van der Waals surface area (Å²) in [5.41, 5.74) is 0.580. The number of amides is 2. The van der Waals surface area contributed by atoms with Crippen molar-refractivity contribution in [3.8, 4) is 0 Å². The van der Waals surface area contributed by atoms with Gasteiger partial charge in [-0.2, -0.15) is 0 Å². The molecule has 0 aliphatic carbocycles. The zero-order chi connectivity index (χ0) is 16.7. The van der Waals surface area contributed by atoms with E-state index in [1.54, 1.807) is 24.3 Å². The van der Waals surface area contributed by atoms with E-state index in [0.717, 1.165) is 32.6 Å². The maximum atomic E-state index is 12.2. The molecule has 0 aromatic heterocycles. The van der Waals surface area contributed by atoms with Gasteiger partial charge in [-0.25, -0.2) is 0 Å². The van der Waals surface area contributed by atoms with E-state index >= 15 is 0 Å². The minimum atomic E-state index is -0.134. The van der Waals surface area contributed by atoms with Crippen LogP contribution in [0, 0.1) is 0 Å². The van der Waals surface area contributed by atoms with E-state index in [0.29, 0.717) is 30.0 Å². The molecule has 1 aliphatic rings. The van der Waals surface area contributed by atoms with Crippen molar-refractivity contribution < 1.29 is 9.59 Å². The molecule has 23 heavy (non-hydrogen) atoms. The zero-order valence-corrected chi connectivity index (χ0v) is 14.3. The molecule has 2 amide bonds. The molecule has 0 spiro atoms. The largest absolute Gasteiger partial charge is 0.352 e. The Morgan fingerprint density at radius 1 is 1.13 bits per heavy atom. The smallest absolute Gasteiger partial charge is 0.251 e. The molecule has 1 aliphatic heterocycles. The third-order valence-corrected chi connectivity index (χ3v) is 4.28. The Morgan fingerprint density at radius 3 is 2.61 bits per heavy atom. The van der Waals surface area contributed by atoms with Crippen LogP contribution >= 0.6 is 11.6 Å². The van der Waals surface area contributed by atoms with Crippen LogP contribution in [0.25, 0.3) is 0 Å². The molecule has 5 nitrogen and oxygen atoms in total. The second-order valence-electron chi connectivity index (χ2n) is 5.90. The van der Waals surface area contributed by atoms with E-state index in [4.69, 9.17) is 11.6 Å². The van der Waals surface area contributed by atoms with Gasteiger partial charge in [-0.15, -0.1) is 0 Å². The molecule has 0 unspecified atom stereocenters. The van der Waals surface area contributed by atoms with Gasteiger partial charge in [0.2, 0.25) is 5.91 Å². The van der Waals surface area contributed by atoms with Crippen LogP contribution in [0.15, 0.2) is 24.3 Å². The number of carbonyl (C=O) groups is 2. The Morgan fingerprint density at radius 2 is 1.87 bits per heavy atom. The highest BCUT2D eigenvalue weighted by Crippen LogP contribution is 2.09. The summed E-state index contributed by atoms with van der Waals surface area (Å²) in [4.78, 5) is 28.3. The van der Waals surface area contributed by atoms with E-state index in [-0.39, 0.29) is 11.8 Å². The SMILES string of the molecule is CN1CCCN(C(=O)CCCNC(=O)c2ccc(Cl)cc2)CC1. The van der Waals surface area contributed by atoms with Crippen molar-refractivity contribution in [2.45, 2.75) is 19.3 Å². The third-order valence-electron chi connectivity index (χ3n) is 4.03. The topological polar surface area (TPSA) is 52.6 Å². The second-order valence-corrected chi connectivity index (χ2v) is 6.34. The molecule has 1 N–H and O–H groups in total. The average molecular weight is 338 g/mol. The summed E-state index contributed by atoms with van der Waals surface area (Å²) in [5.74, 6) is 0.0477. The lowest BCUT2D eigenvalue weighted by Gasteiger charge is -2.20. The first-order valence-electron chi connectivity index (χ1n) is 8.06. The first-order valence-corrected chi connectivity index (χ1v) is 8.44. The molecule has 126 valence electrons. The summed E-state index contributed by atoms with van der Waals surface area (Å²) in [5, 5.41) is 3.44. The van der Waals surface area contributed by atoms with Gasteiger partial charge in [0.05, 0.1) is 0 Å². The van der Waals surface area contributed by atoms with E-state index in [1.165, 1.54) is 0 Å². The Kier molecular flexibility index (Phi) is 6.86. The molecule has 2 rings (SSSR count). The van der Waals surface area contributed by atoms with E-state index in [1.807, 2.05) is 4.90 Å². The van der Waals surface area contributed by atoms with E-state index < -0.39 is 0 Å². The van der Waals surface area contributed by atoms with Crippen LogP contribution in [0.5, 0.6) is 0 Å². The van der Waals surface area contributed by atoms with Crippen LogP contribution in [0.4, 0.5) is 0 Å². The number of carbonyl (C=O) groups excluding carboxylic acids is 2. The molecular weight excluding hydrogens is 314 g/mol. The Bertz CT molecular complexity index is 533. The van der Waals surface area contributed by atoms with Crippen LogP contribution in [0.3, 0.4) is 0 Å². The fourth-order valence-corrected chi connectivity index (χ4v) is 2.72.